The lowest BCUT2D eigenvalue weighted by Crippen LogP contribution is -1.99. The molecule has 7 heteroatoms. The van der Waals surface area contributed by atoms with Crippen molar-refractivity contribution in [3.05, 3.63) is 57.2 Å². The molecule has 0 fully saturated rings. The Bertz CT molecular complexity index is 634. The Morgan fingerprint density at radius 1 is 1.40 bits per heavy atom. The Hall–Kier alpha value is -2.34. The average molecular weight is 294 g/mol. The van der Waals surface area contributed by atoms with Crippen molar-refractivity contribution in [3.63, 3.8) is 0 Å². The van der Waals surface area contributed by atoms with Crippen LogP contribution in [0.1, 0.15) is 5.56 Å². The van der Waals surface area contributed by atoms with E-state index in [9.17, 15) is 10.1 Å². The van der Waals surface area contributed by atoms with Gasteiger partial charge >= 0.3 is 0 Å². The molecule has 0 bridgehead atoms. The first-order valence-electron chi connectivity index (χ1n) is 5.79. The number of anilines is 1. The van der Waals surface area contributed by atoms with Gasteiger partial charge in [-0.2, -0.15) is 0 Å². The first-order chi connectivity index (χ1) is 9.60. The van der Waals surface area contributed by atoms with Crippen molar-refractivity contribution >= 4 is 23.1 Å². The molecule has 104 valence electrons. The van der Waals surface area contributed by atoms with Gasteiger partial charge < -0.3 is 10.1 Å². The first-order valence-corrected chi connectivity index (χ1v) is 6.17. The van der Waals surface area contributed by atoms with Crippen molar-refractivity contribution in [1.29, 1.82) is 0 Å². The summed E-state index contributed by atoms with van der Waals surface area (Å²) in [4.78, 5) is 14.3. The van der Waals surface area contributed by atoms with Crippen molar-refractivity contribution in [2.24, 2.45) is 0 Å². The minimum absolute atomic E-state index is 0.0601. The fourth-order valence-corrected chi connectivity index (χ4v) is 1.75. The van der Waals surface area contributed by atoms with E-state index in [2.05, 4.69) is 10.3 Å². The average Bonchev–Trinajstić information content (AvgIpc) is 2.46. The van der Waals surface area contributed by atoms with Gasteiger partial charge in [0.2, 0.25) is 0 Å². The molecule has 0 aliphatic rings. The van der Waals surface area contributed by atoms with Crippen LogP contribution in [0, 0.1) is 10.1 Å². The Kier molecular flexibility index (Phi) is 4.37. The number of non-ortho nitro benzene ring substituents is 1. The number of halogens is 1. The molecule has 0 saturated carbocycles. The van der Waals surface area contributed by atoms with Crippen LogP contribution in [0.15, 0.2) is 36.5 Å². The number of nitro groups is 1. The largest absolute Gasteiger partial charge is 0.487 e. The molecule has 0 radical (unpaired) electrons. The fourth-order valence-electron chi connectivity index (χ4n) is 1.58. The lowest BCUT2D eigenvalue weighted by Gasteiger charge is -2.08. The van der Waals surface area contributed by atoms with Gasteiger partial charge in [0, 0.05) is 19.3 Å². The van der Waals surface area contributed by atoms with Gasteiger partial charge in [0.15, 0.2) is 0 Å². The minimum atomic E-state index is -0.491. The number of nitrogens with one attached hydrogen (secondary N) is 1. The van der Waals surface area contributed by atoms with Crippen molar-refractivity contribution in [2.75, 3.05) is 12.4 Å². The normalized spacial score (nSPS) is 10.1. The number of benzene rings is 1. The van der Waals surface area contributed by atoms with E-state index in [0.717, 1.165) is 11.4 Å². The zero-order valence-electron chi connectivity index (χ0n) is 10.7. The van der Waals surface area contributed by atoms with E-state index < -0.39 is 4.92 Å². The van der Waals surface area contributed by atoms with Gasteiger partial charge in [-0.3, -0.25) is 10.1 Å². The first kappa shape index (κ1) is 14.1. The molecule has 0 aliphatic heterocycles. The summed E-state index contributed by atoms with van der Waals surface area (Å²) in [6, 6.07) is 7.71. The number of pyridine rings is 1. The highest BCUT2D eigenvalue weighted by atomic mass is 35.5. The number of hydrogen-bond donors (Lipinski definition) is 1. The molecule has 1 heterocycles. The molecule has 1 aromatic heterocycles. The van der Waals surface area contributed by atoms with Gasteiger partial charge in [0.25, 0.3) is 5.69 Å². The van der Waals surface area contributed by atoms with Crippen LogP contribution in [0.2, 0.25) is 5.02 Å². The third-order valence-electron chi connectivity index (χ3n) is 2.60. The molecule has 2 aromatic rings. The van der Waals surface area contributed by atoms with Gasteiger partial charge in [-0.05, 0) is 23.8 Å². The zero-order chi connectivity index (χ0) is 14.5. The van der Waals surface area contributed by atoms with Crippen molar-refractivity contribution < 1.29 is 9.66 Å². The van der Waals surface area contributed by atoms with Crippen LogP contribution in [-0.4, -0.2) is 17.0 Å². The number of aromatic nitrogens is 1. The fraction of sp³-hybridized carbons (Fsp3) is 0.154. The second-order valence-corrected chi connectivity index (χ2v) is 4.37. The maximum atomic E-state index is 10.7. The number of hydrogen-bond acceptors (Lipinski definition) is 5. The molecule has 1 aromatic carbocycles. The second-order valence-electron chi connectivity index (χ2n) is 3.96. The van der Waals surface area contributed by atoms with Crippen molar-refractivity contribution in [3.8, 4) is 5.75 Å². The third kappa shape index (κ3) is 3.36. The molecular weight excluding hydrogens is 282 g/mol. The molecule has 0 unspecified atom stereocenters. The summed E-state index contributed by atoms with van der Waals surface area (Å²) in [5.41, 5.74) is 0.821. The van der Waals surface area contributed by atoms with Crippen molar-refractivity contribution in [2.45, 2.75) is 6.61 Å². The minimum Gasteiger partial charge on any atom is -0.487 e. The van der Waals surface area contributed by atoms with E-state index in [0.29, 0.717) is 5.02 Å². The van der Waals surface area contributed by atoms with Crippen LogP contribution >= 0.6 is 11.6 Å². The van der Waals surface area contributed by atoms with Crippen LogP contribution in [0.4, 0.5) is 11.5 Å². The molecule has 6 nitrogen and oxygen atoms in total. The summed E-state index contributed by atoms with van der Waals surface area (Å²) in [6.07, 6.45) is 1.65. The lowest BCUT2D eigenvalue weighted by molar-refractivity contribution is -0.384. The lowest BCUT2D eigenvalue weighted by atomic mass is 10.2. The Balaban J connectivity index is 2.13. The standard InChI is InChI=1S/C13H12ClN3O3/c1-15-13-6-9(4-5-16-13)8-20-12-7-10(17(18)19)2-3-11(12)14/h2-7H,8H2,1H3,(H,15,16). The number of ether oxygens (including phenoxy) is 1. The van der Waals surface area contributed by atoms with E-state index >= 15 is 0 Å². The maximum Gasteiger partial charge on any atom is 0.273 e. The van der Waals surface area contributed by atoms with Gasteiger partial charge in [0.1, 0.15) is 18.2 Å². The smallest absolute Gasteiger partial charge is 0.273 e. The highest BCUT2D eigenvalue weighted by Crippen LogP contribution is 2.29. The third-order valence-corrected chi connectivity index (χ3v) is 2.91. The highest BCUT2D eigenvalue weighted by molar-refractivity contribution is 6.32. The van der Waals surface area contributed by atoms with Crippen LogP contribution < -0.4 is 10.1 Å². The SMILES string of the molecule is CNc1cc(COc2cc([N+](=O)[O-])ccc2Cl)ccn1. The predicted molar refractivity (Wildman–Crippen MR) is 76.2 cm³/mol. The summed E-state index contributed by atoms with van der Waals surface area (Å²) in [6.45, 7) is 0.248. The van der Waals surface area contributed by atoms with Crippen LogP contribution in [-0.2, 0) is 6.61 Å². The van der Waals surface area contributed by atoms with E-state index in [1.807, 2.05) is 6.07 Å². The quantitative estimate of drug-likeness (QED) is 0.676. The number of rotatable bonds is 5. The molecule has 0 atom stereocenters. The summed E-state index contributed by atoms with van der Waals surface area (Å²) in [5.74, 6) is 1.000. The number of nitrogens with zero attached hydrogens (tertiary/aromatic N) is 2. The Morgan fingerprint density at radius 3 is 2.90 bits per heavy atom. The molecule has 0 amide bonds. The van der Waals surface area contributed by atoms with Gasteiger partial charge in [0.05, 0.1) is 16.0 Å². The summed E-state index contributed by atoms with van der Waals surface area (Å²) in [5, 5.41) is 14.0. The van der Waals surface area contributed by atoms with Crippen molar-refractivity contribution in [1.82, 2.24) is 4.98 Å². The number of nitro benzene ring substituents is 1. The highest BCUT2D eigenvalue weighted by Gasteiger charge is 2.11. The molecule has 20 heavy (non-hydrogen) atoms. The molecule has 1 N–H and O–H groups in total. The maximum absolute atomic E-state index is 10.7. The van der Waals surface area contributed by atoms with Crippen LogP contribution in [0.5, 0.6) is 5.75 Å². The van der Waals surface area contributed by atoms with E-state index in [4.69, 9.17) is 16.3 Å². The van der Waals surface area contributed by atoms with Crippen LogP contribution in [0.25, 0.3) is 0 Å². The van der Waals surface area contributed by atoms with Gasteiger partial charge in [-0.1, -0.05) is 11.6 Å². The second kappa shape index (κ2) is 6.21. The molecule has 2 rings (SSSR count). The molecular formula is C13H12ClN3O3. The van der Waals surface area contributed by atoms with E-state index in [-0.39, 0.29) is 18.0 Å². The summed E-state index contributed by atoms with van der Waals surface area (Å²) >= 11 is 5.95. The molecule has 0 spiro atoms. The molecule has 0 saturated heterocycles. The van der Waals surface area contributed by atoms with E-state index in [1.54, 1.807) is 19.3 Å². The monoisotopic (exact) mass is 293 g/mol. The van der Waals surface area contributed by atoms with Crippen LogP contribution in [0.3, 0.4) is 0 Å². The predicted octanol–water partition coefficient (Wildman–Crippen LogP) is 3.26. The zero-order valence-corrected chi connectivity index (χ0v) is 11.4. The Morgan fingerprint density at radius 2 is 2.20 bits per heavy atom. The van der Waals surface area contributed by atoms with Gasteiger partial charge in [-0.15, -0.1) is 0 Å². The summed E-state index contributed by atoms with van der Waals surface area (Å²) in [7, 11) is 1.77. The van der Waals surface area contributed by atoms with E-state index in [1.165, 1.54) is 18.2 Å². The van der Waals surface area contributed by atoms with Gasteiger partial charge in [-0.25, -0.2) is 4.98 Å². The topological polar surface area (TPSA) is 77.3 Å². The summed E-state index contributed by atoms with van der Waals surface area (Å²) < 4.78 is 5.52. The Labute approximate surface area is 120 Å². The molecule has 0 aliphatic carbocycles.